The van der Waals surface area contributed by atoms with Crippen molar-refractivity contribution in [2.45, 2.75) is 32.2 Å². The minimum Gasteiger partial charge on any atom is -0.300 e. The first-order valence-corrected chi connectivity index (χ1v) is 6.47. The first-order valence-electron chi connectivity index (χ1n) is 6.47. The molecule has 2 aromatic heterocycles. The minimum absolute atomic E-state index is 0.000697. The molecule has 0 amide bonds. The van der Waals surface area contributed by atoms with Crippen molar-refractivity contribution in [3.63, 3.8) is 0 Å². The molecule has 1 unspecified atom stereocenters. The average Bonchev–Trinajstić information content (AvgIpc) is 2.94. The number of hydrogen-bond acceptors (Lipinski definition) is 3. The van der Waals surface area contributed by atoms with Crippen molar-refractivity contribution < 1.29 is 0 Å². The molecule has 0 saturated carbocycles. The molecule has 2 aromatic rings. The van der Waals surface area contributed by atoms with Gasteiger partial charge in [-0.15, -0.1) is 0 Å². The number of hydrogen-bond donors (Lipinski definition) is 1. The van der Waals surface area contributed by atoms with E-state index in [4.69, 9.17) is 0 Å². The van der Waals surface area contributed by atoms with Gasteiger partial charge >= 0.3 is 0 Å². The van der Waals surface area contributed by atoms with E-state index in [-0.39, 0.29) is 5.56 Å². The van der Waals surface area contributed by atoms with Gasteiger partial charge in [-0.25, -0.2) is 4.40 Å². The molecule has 0 radical (unpaired) electrons. The third-order valence-electron chi connectivity index (χ3n) is 3.78. The van der Waals surface area contributed by atoms with Crippen LogP contribution in [0.2, 0.25) is 0 Å². The Morgan fingerprint density at radius 3 is 3.00 bits per heavy atom. The third kappa shape index (κ3) is 1.75. The average molecular weight is 246 g/mol. The molecule has 1 fully saturated rings. The lowest BCUT2D eigenvalue weighted by Crippen LogP contribution is -2.28. The second-order valence-electron chi connectivity index (χ2n) is 5.24. The highest BCUT2D eigenvalue weighted by Crippen LogP contribution is 2.26. The van der Waals surface area contributed by atoms with Crippen LogP contribution in [0.4, 0.5) is 0 Å². The fourth-order valence-corrected chi connectivity index (χ4v) is 2.72. The van der Waals surface area contributed by atoms with Crippen molar-refractivity contribution in [1.29, 1.82) is 0 Å². The van der Waals surface area contributed by atoms with Crippen LogP contribution in [0.25, 0.3) is 5.65 Å². The zero-order chi connectivity index (χ0) is 12.7. The van der Waals surface area contributed by atoms with Gasteiger partial charge in [-0.1, -0.05) is 6.07 Å². The normalized spacial score (nSPS) is 21.2. The van der Waals surface area contributed by atoms with Crippen molar-refractivity contribution in [3.05, 3.63) is 34.4 Å². The summed E-state index contributed by atoms with van der Waals surface area (Å²) in [5, 5.41) is 7.29. The van der Waals surface area contributed by atoms with Gasteiger partial charge in [-0.3, -0.25) is 9.89 Å². The summed E-state index contributed by atoms with van der Waals surface area (Å²) >= 11 is 0. The van der Waals surface area contributed by atoms with Gasteiger partial charge in [0.05, 0.1) is 0 Å². The van der Waals surface area contributed by atoms with E-state index in [2.05, 4.69) is 28.9 Å². The summed E-state index contributed by atoms with van der Waals surface area (Å²) in [5.41, 5.74) is 0.778. The lowest BCUT2D eigenvalue weighted by atomic mass is 10.1. The number of aromatic nitrogens is 3. The number of H-pyrrole nitrogens is 1. The fraction of sp³-hybridized carbons (Fsp3) is 0.538. The molecule has 5 nitrogen and oxygen atoms in total. The molecule has 1 aliphatic heterocycles. The van der Waals surface area contributed by atoms with Crippen LogP contribution < -0.4 is 5.56 Å². The van der Waals surface area contributed by atoms with E-state index in [1.807, 2.05) is 6.07 Å². The summed E-state index contributed by atoms with van der Waals surface area (Å²) in [6.07, 6.45) is 1.07. The molecular formula is C13H18N4O. The Kier molecular flexibility index (Phi) is 2.70. The molecule has 5 heteroatoms. The van der Waals surface area contributed by atoms with E-state index in [1.165, 1.54) is 0 Å². The molecule has 0 aromatic carbocycles. The van der Waals surface area contributed by atoms with E-state index >= 15 is 0 Å². The third-order valence-corrected chi connectivity index (χ3v) is 3.78. The molecule has 1 saturated heterocycles. The monoisotopic (exact) mass is 246 g/mol. The second kappa shape index (κ2) is 4.24. The Labute approximate surface area is 105 Å². The van der Waals surface area contributed by atoms with Crippen LogP contribution >= 0.6 is 0 Å². The minimum atomic E-state index is -0.000697. The van der Waals surface area contributed by atoms with Crippen molar-refractivity contribution >= 4 is 5.65 Å². The lowest BCUT2D eigenvalue weighted by molar-refractivity contribution is 0.271. The number of likely N-dealkylation sites (tertiary alicyclic amines) is 1. The maximum Gasteiger partial charge on any atom is 0.257 e. The molecule has 18 heavy (non-hydrogen) atoms. The summed E-state index contributed by atoms with van der Waals surface area (Å²) in [6.45, 7) is 6.48. The van der Waals surface area contributed by atoms with Gasteiger partial charge < -0.3 is 4.90 Å². The van der Waals surface area contributed by atoms with Gasteiger partial charge in [0.15, 0.2) is 0 Å². The molecule has 1 aliphatic rings. The Bertz CT molecular complexity index is 613. The lowest BCUT2D eigenvalue weighted by Gasteiger charge is -2.19. The number of rotatable bonds is 2. The number of pyridine rings is 1. The van der Waals surface area contributed by atoms with Gasteiger partial charge in [0, 0.05) is 24.6 Å². The molecule has 1 N–H and O–H groups in total. The number of nitrogens with zero attached hydrogens (tertiary/aromatic N) is 3. The predicted molar refractivity (Wildman–Crippen MR) is 69.9 cm³/mol. The van der Waals surface area contributed by atoms with Crippen LogP contribution in [0.1, 0.15) is 32.0 Å². The Balaban J connectivity index is 1.99. The van der Waals surface area contributed by atoms with E-state index in [0.29, 0.717) is 12.0 Å². The molecule has 0 spiro atoms. The highest BCUT2D eigenvalue weighted by Gasteiger charge is 2.28. The van der Waals surface area contributed by atoms with Gasteiger partial charge in [0.1, 0.15) is 11.5 Å². The topological polar surface area (TPSA) is 53.4 Å². The number of nitrogens with one attached hydrogen (secondary N) is 1. The second-order valence-corrected chi connectivity index (χ2v) is 5.24. The zero-order valence-corrected chi connectivity index (χ0v) is 10.8. The van der Waals surface area contributed by atoms with E-state index in [0.717, 1.165) is 31.0 Å². The van der Waals surface area contributed by atoms with Crippen LogP contribution in [0.5, 0.6) is 0 Å². The molecule has 3 heterocycles. The highest BCUT2D eigenvalue weighted by atomic mass is 16.1. The van der Waals surface area contributed by atoms with Crippen LogP contribution in [0.15, 0.2) is 23.0 Å². The van der Waals surface area contributed by atoms with Gasteiger partial charge in [0.25, 0.3) is 5.56 Å². The summed E-state index contributed by atoms with van der Waals surface area (Å²) in [5.74, 6) is 1.22. The smallest absolute Gasteiger partial charge is 0.257 e. The van der Waals surface area contributed by atoms with Crippen LogP contribution in [-0.4, -0.2) is 38.6 Å². The quantitative estimate of drug-likeness (QED) is 0.867. The van der Waals surface area contributed by atoms with Crippen molar-refractivity contribution in [1.82, 2.24) is 19.5 Å². The van der Waals surface area contributed by atoms with Gasteiger partial charge in [0.2, 0.25) is 0 Å². The fourth-order valence-electron chi connectivity index (χ4n) is 2.72. The summed E-state index contributed by atoms with van der Waals surface area (Å²) in [7, 11) is 0. The van der Waals surface area contributed by atoms with Crippen molar-refractivity contribution in [2.24, 2.45) is 0 Å². The van der Waals surface area contributed by atoms with Crippen LogP contribution in [0, 0.1) is 0 Å². The first-order chi connectivity index (χ1) is 8.66. The van der Waals surface area contributed by atoms with Gasteiger partial charge in [-0.05, 0) is 32.9 Å². The predicted octanol–water partition coefficient (Wildman–Crippen LogP) is 1.22. The Hall–Kier alpha value is -1.62. The highest BCUT2D eigenvalue weighted by molar-refractivity contribution is 5.37. The Morgan fingerprint density at radius 2 is 2.28 bits per heavy atom. The number of fused-ring (bicyclic) bond motifs is 1. The van der Waals surface area contributed by atoms with Crippen molar-refractivity contribution in [3.8, 4) is 0 Å². The number of aromatic amines is 1. The van der Waals surface area contributed by atoms with E-state index in [9.17, 15) is 4.79 Å². The molecule has 96 valence electrons. The summed E-state index contributed by atoms with van der Waals surface area (Å²) in [4.78, 5) is 14.4. The van der Waals surface area contributed by atoms with E-state index in [1.54, 1.807) is 16.5 Å². The summed E-state index contributed by atoms with van der Waals surface area (Å²) in [6, 6.07) is 5.78. The molecule has 0 bridgehead atoms. The van der Waals surface area contributed by atoms with Crippen LogP contribution in [-0.2, 0) is 0 Å². The molecule has 0 aliphatic carbocycles. The van der Waals surface area contributed by atoms with Crippen LogP contribution in [0.3, 0.4) is 0 Å². The molecule has 1 atom stereocenters. The van der Waals surface area contributed by atoms with Gasteiger partial charge in [-0.2, -0.15) is 5.10 Å². The molecular weight excluding hydrogens is 228 g/mol. The first kappa shape index (κ1) is 11.5. The van der Waals surface area contributed by atoms with E-state index < -0.39 is 0 Å². The maximum atomic E-state index is 11.9. The summed E-state index contributed by atoms with van der Waals surface area (Å²) < 4.78 is 1.70. The SMILES string of the molecule is CC(C)N1CCC(c2n[nH]c3cccc(=O)n23)C1. The standard InChI is InChI=1S/C13H18N4O/c1-9(2)16-7-6-10(8-16)13-15-14-11-4-3-5-12(18)17(11)13/h3-5,9-10,14H,6-8H2,1-2H3. The maximum absolute atomic E-state index is 11.9. The zero-order valence-electron chi connectivity index (χ0n) is 10.8. The Morgan fingerprint density at radius 1 is 1.44 bits per heavy atom. The largest absolute Gasteiger partial charge is 0.300 e. The molecule has 3 rings (SSSR count). The van der Waals surface area contributed by atoms with Crippen molar-refractivity contribution in [2.75, 3.05) is 13.1 Å².